The summed E-state index contributed by atoms with van der Waals surface area (Å²) in [6.07, 6.45) is 6.70. The van der Waals surface area contributed by atoms with Crippen molar-refractivity contribution in [2.24, 2.45) is 0 Å². The number of carbonyl (C=O) groups is 1. The van der Waals surface area contributed by atoms with Gasteiger partial charge in [0.2, 0.25) is 6.39 Å². The van der Waals surface area contributed by atoms with Gasteiger partial charge in [-0.25, -0.2) is 0 Å². The maximum absolute atomic E-state index is 11.1. The molecule has 1 aromatic heterocycles. The number of aromatic nitrogens is 2. The lowest BCUT2D eigenvalue weighted by molar-refractivity contribution is -0.141. The highest BCUT2D eigenvalue weighted by Gasteiger charge is 2.38. The van der Waals surface area contributed by atoms with E-state index in [1.807, 2.05) is 7.05 Å². The predicted octanol–water partition coefficient (Wildman–Crippen LogP) is 1.68. The molecule has 0 radical (unpaired) electrons. The van der Waals surface area contributed by atoms with Gasteiger partial charge in [-0.2, -0.15) is 4.98 Å². The number of nitrogens with zero attached hydrogens (tertiary/aromatic N) is 3. The zero-order chi connectivity index (χ0) is 13.0. The molecule has 0 aliphatic heterocycles. The van der Waals surface area contributed by atoms with Gasteiger partial charge in [-0.3, -0.25) is 9.69 Å². The van der Waals surface area contributed by atoms with Crippen LogP contribution in [0.2, 0.25) is 0 Å². The summed E-state index contributed by atoms with van der Waals surface area (Å²) in [5, 5.41) is 12.9. The van der Waals surface area contributed by atoms with E-state index in [0.717, 1.165) is 25.7 Å². The van der Waals surface area contributed by atoms with Gasteiger partial charge in [0, 0.05) is 5.54 Å². The van der Waals surface area contributed by atoms with E-state index >= 15 is 0 Å². The van der Waals surface area contributed by atoms with Crippen molar-refractivity contribution in [1.29, 1.82) is 0 Å². The molecule has 18 heavy (non-hydrogen) atoms. The molecule has 1 aliphatic rings. The number of hydrogen-bond acceptors (Lipinski definition) is 5. The van der Waals surface area contributed by atoms with E-state index < -0.39 is 5.97 Å². The summed E-state index contributed by atoms with van der Waals surface area (Å²) in [7, 11) is 1.95. The number of aliphatic carboxylic acids is 1. The van der Waals surface area contributed by atoms with Crippen LogP contribution in [-0.4, -0.2) is 38.7 Å². The smallest absolute Gasteiger partial charge is 0.305 e. The Balaban J connectivity index is 2.09. The van der Waals surface area contributed by atoms with E-state index in [2.05, 4.69) is 15.0 Å². The third kappa shape index (κ3) is 2.87. The molecule has 0 amide bonds. The fourth-order valence-corrected chi connectivity index (χ4v) is 2.83. The molecule has 2 rings (SSSR count). The summed E-state index contributed by atoms with van der Waals surface area (Å²) in [4.78, 5) is 17.2. The van der Waals surface area contributed by atoms with Crippen molar-refractivity contribution < 1.29 is 14.4 Å². The maximum atomic E-state index is 11.1. The van der Waals surface area contributed by atoms with E-state index in [9.17, 15) is 4.79 Å². The molecule has 0 saturated heterocycles. The second-order valence-electron chi connectivity index (χ2n) is 5.06. The van der Waals surface area contributed by atoms with Gasteiger partial charge >= 0.3 is 5.97 Å². The van der Waals surface area contributed by atoms with Crippen molar-refractivity contribution in [3.8, 4) is 0 Å². The molecule has 6 nitrogen and oxygen atoms in total. The van der Waals surface area contributed by atoms with E-state index in [1.165, 1.54) is 12.8 Å². The van der Waals surface area contributed by atoms with Crippen LogP contribution in [0.25, 0.3) is 0 Å². The van der Waals surface area contributed by atoms with Gasteiger partial charge in [0.25, 0.3) is 0 Å². The Bertz CT molecular complexity index is 385. The highest BCUT2D eigenvalue weighted by Crippen LogP contribution is 2.36. The molecule has 0 spiro atoms. The van der Waals surface area contributed by atoms with Crippen LogP contribution in [0.3, 0.4) is 0 Å². The van der Waals surface area contributed by atoms with Crippen LogP contribution in [0.5, 0.6) is 0 Å². The van der Waals surface area contributed by atoms with Gasteiger partial charge in [-0.1, -0.05) is 24.4 Å². The Morgan fingerprint density at radius 1 is 1.50 bits per heavy atom. The first-order valence-electron chi connectivity index (χ1n) is 6.31. The Kier molecular flexibility index (Phi) is 3.96. The van der Waals surface area contributed by atoms with E-state index in [1.54, 1.807) is 0 Å². The second kappa shape index (κ2) is 5.48. The zero-order valence-electron chi connectivity index (χ0n) is 10.6. The largest absolute Gasteiger partial charge is 0.481 e. The number of rotatable bonds is 5. The Hall–Kier alpha value is -1.43. The van der Waals surface area contributed by atoms with Gasteiger partial charge < -0.3 is 9.63 Å². The molecule has 1 saturated carbocycles. The molecule has 100 valence electrons. The van der Waals surface area contributed by atoms with Crippen molar-refractivity contribution in [3.05, 3.63) is 12.2 Å². The molecular formula is C12H19N3O3. The third-order valence-electron chi connectivity index (χ3n) is 3.86. The summed E-state index contributed by atoms with van der Waals surface area (Å²) in [5.74, 6) is -0.135. The molecule has 1 aromatic rings. The Morgan fingerprint density at radius 3 is 2.78 bits per heavy atom. The van der Waals surface area contributed by atoms with Crippen LogP contribution in [0.1, 0.15) is 44.3 Å². The lowest BCUT2D eigenvalue weighted by Crippen LogP contribution is -2.49. The third-order valence-corrected chi connectivity index (χ3v) is 3.86. The first kappa shape index (κ1) is 13.0. The minimum Gasteiger partial charge on any atom is -0.481 e. The fourth-order valence-electron chi connectivity index (χ4n) is 2.83. The minimum absolute atomic E-state index is 0.182. The fraction of sp³-hybridized carbons (Fsp3) is 0.750. The zero-order valence-corrected chi connectivity index (χ0v) is 10.6. The molecule has 6 heteroatoms. The number of carboxylic acids is 1. The van der Waals surface area contributed by atoms with E-state index in [-0.39, 0.29) is 12.0 Å². The predicted molar refractivity (Wildman–Crippen MR) is 63.8 cm³/mol. The van der Waals surface area contributed by atoms with Crippen LogP contribution in [0.15, 0.2) is 10.9 Å². The standard InChI is InChI=1S/C12H19N3O3/c1-15(8-10-13-9-18-14-10)12(7-11(16)17)5-3-2-4-6-12/h9H,2-8H2,1H3,(H,16,17). The average Bonchev–Trinajstić information content (AvgIpc) is 2.82. The maximum Gasteiger partial charge on any atom is 0.305 e. The normalized spacial score (nSPS) is 19.0. The van der Waals surface area contributed by atoms with Crippen LogP contribution >= 0.6 is 0 Å². The van der Waals surface area contributed by atoms with Crippen molar-refractivity contribution in [3.63, 3.8) is 0 Å². The quantitative estimate of drug-likeness (QED) is 0.860. The van der Waals surface area contributed by atoms with Crippen LogP contribution in [0, 0.1) is 0 Å². The minimum atomic E-state index is -0.739. The van der Waals surface area contributed by atoms with Crippen molar-refractivity contribution in [1.82, 2.24) is 15.0 Å². The number of hydrogen-bond donors (Lipinski definition) is 1. The van der Waals surface area contributed by atoms with Crippen LogP contribution in [0.4, 0.5) is 0 Å². The van der Waals surface area contributed by atoms with Crippen LogP contribution < -0.4 is 0 Å². The molecule has 0 atom stereocenters. The lowest BCUT2D eigenvalue weighted by Gasteiger charge is -2.43. The summed E-state index contributed by atoms with van der Waals surface area (Å²) in [6.45, 7) is 0.532. The monoisotopic (exact) mass is 253 g/mol. The molecule has 1 aliphatic carbocycles. The van der Waals surface area contributed by atoms with Gasteiger partial charge in [-0.15, -0.1) is 0 Å². The Morgan fingerprint density at radius 2 is 2.22 bits per heavy atom. The first-order chi connectivity index (χ1) is 8.62. The SMILES string of the molecule is CN(Cc1ncon1)C1(CC(=O)O)CCCCC1. The lowest BCUT2D eigenvalue weighted by atomic mass is 9.78. The molecular weight excluding hydrogens is 234 g/mol. The molecule has 0 bridgehead atoms. The molecule has 1 N–H and O–H groups in total. The van der Waals surface area contributed by atoms with E-state index in [0.29, 0.717) is 12.4 Å². The second-order valence-corrected chi connectivity index (χ2v) is 5.06. The van der Waals surface area contributed by atoms with Crippen LogP contribution in [-0.2, 0) is 11.3 Å². The molecule has 1 fully saturated rings. The van der Waals surface area contributed by atoms with Crippen molar-refractivity contribution >= 4 is 5.97 Å². The molecule has 1 heterocycles. The number of carboxylic acid groups (broad SMARTS) is 1. The van der Waals surface area contributed by atoms with Gasteiger partial charge in [-0.05, 0) is 19.9 Å². The van der Waals surface area contributed by atoms with E-state index in [4.69, 9.17) is 9.63 Å². The van der Waals surface area contributed by atoms with Gasteiger partial charge in [0.05, 0.1) is 13.0 Å². The topological polar surface area (TPSA) is 79.5 Å². The van der Waals surface area contributed by atoms with Crippen molar-refractivity contribution in [2.45, 2.75) is 50.6 Å². The Labute approximate surface area is 106 Å². The molecule has 0 aromatic carbocycles. The van der Waals surface area contributed by atoms with Gasteiger partial charge in [0.15, 0.2) is 5.82 Å². The highest BCUT2D eigenvalue weighted by atomic mass is 16.5. The summed E-state index contributed by atoms with van der Waals surface area (Å²) in [5.41, 5.74) is -0.259. The van der Waals surface area contributed by atoms with Crippen molar-refractivity contribution in [2.75, 3.05) is 7.05 Å². The summed E-state index contributed by atoms with van der Waals surface area (Å²) < 4.78 is 4.71. The summed E-state index contributed by atoms with van der Waals surface area (Å²) in [6, 6.07) is 0. The van der Waals surface area contributed by atoms with Gasteiger partial charge in [0.1, 0.15) is 0 Å². The summed E-state index contributed by atoms with van der Waals surface area (Å²) >= 11 is 0. The first-order valence-corrected chi connectivity index (χ1v) is 6.31. The highest BCUT2D eigenvalue weighted by molar-refractivity contribution is 5.68. The molecule has 0 unspecified atom stereocenters. The average molecular weight is 253 g/mol.